The number of thiophene rings is 1. The quantitative estimate of drug-likeness (QED) is 0.913. The Balaban J connectivity index is 2.52. The van der Waals surface area contributed by atoms with Crippen LogP contribution in [0.1, 0.15) is 0 Å². The molecule has 14 heavy (non-hydrogen) atoms. The minimum Gasteiger partial charge on any atom is -0.357 e. The van der Waals surface area contributed by atoms with Crippen molar-refractivity contribution in [1.82, 2.24) is 14.8 Å². The summed E-state index contributed by atoms with van der Waals surface area (Å²) in [5.74, 6) is 1.64. The van der Waals surface area contributed by atoms with Crippen molar-refractivity contribution in [3.05, 3.63) is 15.9 Å². The fourth-order valence-corrected chi connectivity index (χ4v) is 2.77. The molecule has 0 aliphatic heterocycles. The van der Waals surface area contributed by atoms with E-state index in [-0.39, 0.29) is 0 Å². The molecule has 0 fully saturated rings. The highest BCUT2D eigenvalue weighted by Gasteiger charge is 2.13. The molecule has 0 saturated heterocycles. The molecule has 2 aromatic rings. The predicted molar refractivity (Wildman–Crippen MR) is 61.6 cm³/mol. The zero-order valence-corrected chi connectivity index (χ0v) is 10.2. The van der Waals surface area contributed by atoms with Gasteiger partial charge in [0.25, 0.3) is 0 Å². The van der Waals surface area contributed by atoms with E-state index in [2.05, 4.69) is 31.4 Å². The predicted octanol–water partition coefficient (Wildman–Crippen LogP) is 2.35. The summed E-state index contributed by atoms with van der Waals surface area (Å²) in [4.78, 5) is 1.10. The van der Waals surface area contributed by atoms with Crippen LogP contribution >= 0.6 is 27.3 Å². The van der Waals surface area contributed by atoms with Gasteiger partial charge >= 0.3 is 0 Å². The van der Waals surface area contributed by atoms with E-state index in [1.54, 1.807) is 11.3 Å². The number of anilines is 1. The molecule has 0 saturated carbocycles. The number of halogens is 1. The molecule has 74 valence electrons. The van der Waals surface area contributed by atoms with Crippen molar-refractivity contribution in [1.29, 1.82) is 0 Å². The first-order valence-electron chi connectivity index (χ1n) is 4.04. The fourth-order valence-electron chi connectivity index (χ4n) is 1.20. The highest BCUT2D eigenvalue weighted by Crippen LogP contribution is 2.32. The van der Waals surface area contributed by atoms with Gasteiger partial charge in [-0.2, -0.15) is 0 Å². The summed E-state index contributed by atoms with van der Waals surface area (Å²) in [7, 11) is 3.77. The van der Waals surface area contributed by atoms with E-state index in [9.17, 15) is 0 Å². The van der Waals surface area contributed by atoms with Crippen molar-refractivity contribution in [3.8, 4) is 10.7 Å². The Labute approximate surface area is 94.1 Å². The molecule has 2 rings (SSSR count). The average molecular weight is 273 g/mol. The zero-order chi connectivity index (χ0) is 10.1. The molecule has 2 heterocycles. The third kappa shape index (κ3) is 1.44. The minimum absolute atomic E-state index is 0.764. The van der Waals surface area contributed by atoms with E-state index in [1.807, 2.05) is 30.1 Å². The monoisotopic (exact) mass is 272 g/mol. The fraction of sp³-hybridized carbons (Fsp3) is 0.250. The van der Waals surface area contributed by atoms with Crippen LogP contribution < -0.4 is 5.32 Å². The molecule has 0 amide bonds. The molecule has 0 aliphatic rings. The van der Waals surface area contributed by atoms with Gasteiger partial charge in [-0.05, 0) is 27.4 Å². The Morgan fingerprint density at radius 2 is 2.29 bits per heavy atom. The minimum atomic E-state index is 0.764. The lowest BCUT2D eigenvalue weighted by molar-refractivity contribution is 0.927. The van der Waals surface area contributed by atoms with Gasteiger partial charge in [0.05, 0.1) is 4.88 Å². The summed E-state index contributed by atoms with van der Waals surface area (Å²) >= 11 is 5.12. The first-order chi connectivity index (χ1) is 6.74. The maximum atomic E-state index is 4.12. The van der Waals surface area contributed by atoms with Crippen molar-refractivity contribution in [2.24, 2.45) is 7.05 Å². The molecular weight excluding hydrogens is 264 g/mol. The Hall–Kier alpha value is -0.880. The Bertz CT molecular complexity index is 448. The summed E-state index contributed by atoms with van der Waals surface area (Å²) in [6, 6.07) is 2.01. The zero-order valence-electron chi connectivity index (χ0n) is 7.78. The van der Waals surface area contributed by atoms with Crippen molar-refractivity contribution in [2.75, 3.05) is 12.4 Å². The van der Waals surface area contributed by atoms with Crippen molar-refractivity contribution < 1.29 is 0 Å². The van der Waals surface area contributed by atoms with E-state index < -0.39 is 0 Å². The molecule has 0 aliphatic carbocycles. The SMILES string of the molecule is CNc1nnc(-c2sccc2Br)n1C. The number of rotatable bonds is 2. The third-order valence-corrected chi connectivity index (χ3v) is 3.75. The molecule has 4 nitrogen and oxygen atoms in total. The van der Waals surface area contributed by atoms with Gasteiger partial charge in [0.2, 0.25) is 5.95 Å². The van der Waals surface area contributed by atoms with Crippen LogP contribution in [0.2, 0.25) is 0 Å². The van der Waals surface area contributed by atoms with E-state index in [4.69, 9.17) is 0 Å². The van der Waals surface area contributed by atoms with Crippen LogP contribution in [0.15, 0.2) is 15.9 Å². The molecule has 0 aromatic carbocycles. The maximum Gasteiger partial charge on any atom is 0.224 e. The Morgan fingerprint density at radius 1 is 1.50 bits per heavy atom. The molecule has 0 radical (unpaired) electrons. The van der Waals surface area contributed by atoms with E-state index in [0.29, 0.717) is 0 Å². The largest absolute Gasteiger partial charge is 0.357 e. The maximum absolute atomic E-state index is 4.12. The van der Waals surface area contributed by atoms with Crippen molar-refractivity contribution >= 4 is 33.2 Å². The smallest absolute Gasteiger partial charge is 0.224 e. The molecule has 0 spiro atoms. The van der Waals surface area contributed by atoms with Gasteiger partial charge < -0.3 is 5.32 Å². The highest BCUT2D eigenvalue weighted by molar-refractivity contribution is 9.10. The first-order valence-corrected chi connectivity index (χ1v) is 5.72. The molecule has 2 aromatic heterocycles. The molecule has 0 atom stereocenters. The number of hydrogen-bond donors (Lipinski definition) is 1. The topological polar surface area (TPSA) is 42.7 Å². The summed E-state index contributed by atoms with van der Waals surface area (Å²) in [6.45, 7) is 0. The van der Waals surface area contributed by atoms with Gasteiger partial charge in [-0.15, -0.1) is 21.5 Å². The molecule has 1 N–H and O–H groups in total. The van der Waals surface area contributed by atoms with Crippen LogP contribution in [-0.2, 0) is 7.05 Å². The second-order valence-corrected chi connectivity index (χ2v) is 4.52. The lowest BCUT2D eigenvalue weighted by atomic mass is 10.4. The lowest BCUT2D eigenvalue weighted by Gasteiger charge is -2.01. The van der Waals surface area contributed by atoms with Crippen LogP contribution in [0, 0.1) is 0 Å². The van der Waals surface area contributed by atoms with Gasteiger partial charge in [0.15, 0.2) is 5.82 Å². The molecule has 6 heteroatoms. The van der Waals surface area contributed by atoms with Crippen LogP contribution in [0.3, 0.4) is 0 Å². The van der Waals surface area contributed by atoms with Crippen molar-refractivity contribution in [2.45, 2.75) is 0 Å². The third-order valence-electron chi connectivity index (χ3n) is 1.92. The standard InChI is InChI=1S/C8H9BrN4S/c1-10-8-12-11-7(13(8)2)6-5(9)3-4-14-6/h3-4H,1-2H3,(H,10,12). The van der Waals surface area contributed by atoms with Crippen LogP contribution in [0.5, 0.6) is 0 Å². The molecular formula is C8H9BrN4S. The average Bonchev–Trinajstić information content (AvgIpc) is 2.72. The van der Waals surface area contributed by atoms with Crippen molar-refractivity contribution in [3.63, 3.8) is 0 Å². The van der Waals surface area contributed by atoms with Crippen LogP contribution in [-0.4, -0.2) is 21.8 Å². The number of aromatic nitrogens is 3. The summed E-state index contributed by atoms with van der Waals surface area (Å²) in [5.41, 5.74) is 0. The normalized spacial score (nSPS) is 10.5. The van der Waals surface area contributed by atoms with Gasteiger partial charge in [0.1, 0.15) is 0 Å². The number of nitrogens with zero attached hydrogens (tertiary/aromatic N) is 3. The van der Waals surface area contributed by atoms with Crippen LogP contribution in [0.4, 0.5) is 5.95 Å². The van der Waals surface area contributed by atoms with E-state index in [1.165, 1.54) is 0 Å². The molecule has 0 bridgehead atoms. The van der Waals surface area contributed by atoms with Gasteiger partial charge in [-0.3, -0.25) is 4.57 Å². The Kier molecular flexibility index (Phi) is 2.56. The van der Waals surface area contributed by atoms with E-state index >= 15 is 0 Å². The summed E-state index contributed by atoms with van der Waals surface area (Å²) < 4.78 is 2.98. The Morgan fingerprint density at radius 3 is 2.79 bits per heavy atom. The highest BCUT2D eigenvalue weighted by atomic mass is 79.9. The van der Waals surface area contributed by atoms with E-state index in [0.717, 1.165) is 21.1 Å². The summed E-state index contributed by atoms with van der Waals surface area (Å²) in [6.07, 6.45) is 0. The van der Waals surface area contributed by atoms with Crippen LogP contribution in [0.25, 0.3) is 10.7 Å². The summed E-state index contributed by atoms with van der Waals surface area (Å²) in [5, 5.41) is 13.1. The molecule has 0 unspecified atom stereocenters. The lowest BCUT2D eigenvalue weighted by Crippen LogP contribution is -1.99. The van der Waals surface area contributed by atoms with Gasteiger partial charge in [-0.25, -0.2) is 0 Å². The number of hydrogen-bond acceptors (Lipinski definition) is 4. The number of nitrogens with one attached hydrogen (secondary N) is 1. The second kappa shape index (κ2) is 3.70. The van der Waals surface area contributed by atoms with Gasteiger partial charge in [0, 0.05) is 18.6 Å². The van der Waals surface area contributed by atoms with Gasteiger partial charge in [-0.1, -0.05) is 0 Å². The first kappa shape index (κ1) is 9.67. The second-order valence-electron chi connectivity index (χ2n) is 2.75.